The smallest absolute Gasteiger partial charge is 0.243 e. The van der Waals surface area contributed by atoms with Crippen LogP contribution >= 0.6 is 0 Å². The fourth-order valence-electron chi connectivity index (χ4n) is 3.51. The molecule has 1 aromatic carbocycles. The summed E-state index contributed by atoms with van der Waals surface area (Å²) in [6.45, 7) is 13.4. The zero-order valence-electron chi connectivity index (χ0n) is 17.0. The van der Waals surface area contributed by atoms with Crippen molar-refractivity contribution in [3.05, 3.63) is 41.2 Å². The highest BCUT2D eigenvalue weighted by atomic mass is 32.2. The maximum Gasteiger partial charge on any atom is 0.243 e. The van der Waals surface area contributed by atoms with Crippen molar-refractivity contribution in [3.63, 3.8) is 0 Å². The lowest BCUT2D eigenvalue weighted by atomic mass is 9.89. The number of nitrogens with zero attached hydrogens (tertiary/aromatic N) is 4. The van der Waals surface area contributed by atoms with E-state index in [0.717, 1.165) is 11.1 Å². The Kier molecular flexibility index (Phi) is 5.45. The van der Waals surface area contributed by atoms with Crippen LogP contribution in [0.5, 0.6) is 0 Å². The summed E-state index contributed by atoms with van der Waals surface area (Å²) in [5.74, 6) is 0.634. The van der Waals surface area contributed by atoms with Gasteiger partial charge in [0.25, 0.3) is 0 Å². The van der Waals surface area contributed by atoms with E-state index in [1.165, 1.54) is 5.56 Å². The van der Waals surface area contributed by atoms with E-state index >= 15 is 0 Å². The first-order valence-corrected chi connectivity index (χ1v) is 11.1. The summed E-state index contributed by atoms with van der Waals surface area (Å²) in [6.07, 6.45) is 3.40. The van der Waals surface area contributed by atoms with Crippen LogP contribution < -0.4 is 0 Å². The molecule has 0 amide bonds. The number of aromatic nitrogens is 3. The minimum atomic E-state index is -3.55. The zero-order valence-corrected chi connectivity index (χ0v) is 17.9. The third-order valence-corrected chi connectivity index (χ3v) is 7.29. The molecule has 0 unspecified atom stereocenters. The summed E-state index contributed by atoms with van der Waals surface area (Å²) in [5.41, 5.74) is 3.05. The quantitative estimate of drug-likeness (QED) is 0.750. The van der Waals surface area contributed by atoms with Gasteiger partial charge in [0, 0.05) is 19.3 Å². The lowest BCUT2D eigenvalue weighted by Gasteiger charge is -2.39. The van der Waals surface area contributed by atoms with Gasteiger partial charge in [-0.3, -0.25) is 0 Å². The topological polar surface area (TPSA) is 68.1 Å². The molecule has 0 N–H and O–H groups in total. The van der Waals surface area contributed by atoms with Crippen LogP contribution in [0.2, 0.25) is 0 Å². The number of hydrogen-bond donors (Lipinski definition) is 0. The molecule has 0 atom stereocenters. The first-order valence-electron chi connectivity index (χ1n) is 9.66. The van der Waals surface area contributed by atoms with E-state index in [1.54, 1.807) is 21.4 Å². The Hall–Kier alpha value is -1.73. The first-order chi connectivity index (χ1) is 12.6. The molecule has 0 spiro atoms. The van der Waals surface area contributed by atoms with E-state index in [9.17, 15) is 8.42 Å². The normalized spacial score (nSPS) is 16.5. The summed E-state index contributed by atoms with van der Waals surface area (Å²) < 4.78 is 30.4. The van der Waals surface area contributed by atoms with Gasteiger partial charge >= 0.3 is 0 Å². The van der Waals surface area contributed by atoms with Crippen molar-refractivity contribution in [2.24, 2.45) is 0 Å². The molecule has 148 valence electrons. The molecule has 2 heterocycles. The number of rotatable bonds is 6. The van der Waals surface area contributed by atoms with Gasteiger partial charge in [-0.25, -0.2) is 13.1 Å². The largest absolute Gasteiger partial charge is 0.247 e. The summed E-state index contributed by atoms with van der Waals surface area (Å²) in [5, 5.41) is 7.81. The lowest BCUT2D eigenvalue weighted by Crippen LogP contribution is -2.51. The summed E-state index contributed by atoms with van der Waals surface area (Å²) in [4.78, 5) is 0.508. The fourth-order valence-corrected chi connectivity index (χ4v) is 5.69. The van der Waals surface area contributed by atoms with Crippen molar-refractivity contribution in [3.8, 4) is 0 Å². The van der Waals surface area contributed by atoms with Gasteiger partial charge in [0.2, 0.25) is 10.0 Å². The van der Waals surface area contributed by atoms with Crippen LogP contribution in [0.1, 0.15) is 82.0 Å². The van der Waals surface area contributed by atoms with Gasteiger partial charge in [0.1, 0.15) is 0 Å². The highest BCUT2D eigenvalue weighted by Gasteiger charge is 2.40. The lowest BCUT2D eigenvalue weighted by molar-refractivity contribution is 0.188. The van der Waals surface area contributed by atoms with Crippen LogP contribution in [0.15, 0.2) is 29.4 Å². The van der Waals surface area contributed by atoms with Crippen LogP contribution in [0.3, 0.4) is 0 Å². The van der Waals surface area contributed by atoms with Crippen molar-refractivity contribution >= 4 is 10.0 Å². The van der Waals surface area contributed by atoms with E-state index in [-0.39, 0.29) is 17.9 Å². The van der Waals surface area contributed by atoms with Gasteiger partial charge in [-0.15, -0.1) is 5.10 Å². The van der Waals surface area contributed by atoms with Gasteiger partial charge in [0.15, 0.2) is 0 Å². The monoisotopic (exact) mass is 390 g/mol. The second-order valence-electron chi connectivity index (χ2n) is 8.35. The molecule has 1 aliphatic rings. The molecular formula is C20H30N4O2S. The highest BCUT2D eigenvalue weighted by molar-refractivity contribution is 7.89. The SMILES string of the molecule is CC(C)c1cc(C(C)C)c(S(=O)(=O)N2CC(n3ccnn3)C2)c(C(C)C)c1. The maximum absolute atomic E-state index is 13.5. The van der Waals surface area contributed by atoms with Crippen molar-refractivity contribution in [2.45, 2.75) is 70.2 Å². The molecular weight excluding hydrogens is 360 g/mol. The van der Waals surface area contributed by atoms with Crippen molar-refractivity contribution in [1.82, 2.24) is 19.3 Å². The third kappa shape index (κ3) is 3.67. The molecule has 2 aromatic rings. The predicted molar refractivity (Wildman–Crippen MR) is 107 cm³/mol. The number of hydrogen-bond acceptors (Lipinski definition) is 4. The Bertz CT molecular complexity index is 867. The Morgan fingerprint density at radius 1 is 0.963 bits per heavy atom. The molecule has 0 aliphatic carbocycles. The molecule has 1 fully saturated rings. The van der Waals surface area contributed by atoms with Gasteiger partial charge < -0.3 is 0 Å². The van der Waals surface area contributed by atoms with Crippen molar-refractivity contribution in [1.29, 1.82) is 0 Å². The van der Waals surface area contributed by atoms with Gasteiger partial charge in [-0.05, 0) is 34.4 Å². The van der Waals surface area contributed by atoms with Gasteiger partial charge in [-0.1, -0.05) is 58.9 Å². The third-order valence-electron chi connectivity index (χ3n) is 5.32. The van der Waals surface area contributed by atoms with E-state index < -0.39 is 10.0 Å². The standard InChI is InChI=1S/C20H30N4O2S/c1-13(2)16-9-18(14(3)4)20(19(10-16)15(5)6)27(25,26)23-11-17(12-23)24-8-7-21-22-24/h7-10,13-15,17H,11-12H2,1-6H3. The first kappa shape index (κ1) is 20.0. The second kappa shape index (κ2) is 7.36. The number of sulfonamides is 1. The summed E-state index contributed by atoms with van der Waals surface area (Å²) >= 11 is 0. The van der Waals surface area contributed by atoms with Crippen LogP contribution in [0.25, 0.3) is 0 Å². The minimum absolute atomic E-state index is 0.0576. The Balaban J connectivity index is 2.04. The van der Waals surface area contributed by atoms with E-state index in [0.29, 0.717) is 23.9 Å². The zero-order chi connectivity index (χ0) is 19.9. The van der Waals surface area contributed by atoms with E-state index in [2.05, 4.69) is 64.0 Å². The van der Waals surface area contributed by atoms with Crippen LogP contribution in [-0.4, -0.2) is 40.8 Å². The Labute approximate surface area is 162 Å². The number of benzene rings is 1. The highest BCUT2D eigenvalue weighted by Crippen LogP contribution is 2.38. The molecule has 3 rings (SSSR count). The maximum atomic E-state index is 13.5. The molecule has 0 radical (unpaired) electrons. The average Bonchev–Trinajstić information content (AvgIpc) is 3.05. The average molecular weight is 391 g/mol. The van der Waals surface area contributed by atoms with Gasteiger partial charge in [-0.2, -0.15) is 4.31 Å². The molecule has 0 saturated carbocycles. The summed E-state index contributed by atoms with van der Waals surface area (Å²) in [7, 11) is -3.55. The molecule has 6 nitrogen and oxygen atoms in total. The Morgan fingerprint density at radius 3 is 1.93 bits per heavy atom. The van der Waals surface area contributed by atoms with Crippen molar-refractivity contribution < 1.29 is 8.42 Å². The Morgan fingerprint density at radius 2 is 1.52 bits per heavy atom. The van der Waals surface area contributed by atoms with Crippen LogP contribution in [0, 0.1) is 0 Å². The van der Waals surface area contributed by atoms with Crippen LogP contribution in [0.4, 0.5) is 0 Å². The van der Waals surface area contributed by atoms with Crippen molar-refractivity contribution in [2.75, 3.05) is 13.1 Å². The molecule has 27 heavy (non-hydrogen) atoms. The molecule has 1 saturated heterocycles. The molecule has 7 heteroatoms. The predicted octanol–water partition coefficient (Wildman–Crippen LogP) is 3.89. The summed E-state index contributed by atoms with van der Waals surface area (Å²) in [6, 6.07) is 4.23. The second-order valence-corrected chi connectivity index (χ2v) is 10.2. The minimum Gasteiger partial charge on any atom is -0.247 e. The van der Waals surface area contributed by atoms with E-state index in [1.807, 2.05) is 0 Å². The van der Waals surface area contributed by atoms with Gasteiger partial charge in [0.05, 0.1) is 17.1 Å². The molecule has 0 bridgehead atoms. The fraction of sp³-hybridized carbons (Fsp3) is 0.600. The van der Waals surface area contributed by atoms with E-state index in [4.69, 9.17) is 0 Å². The molecule has 1 aliphatic heterocycles. The molecule has 1 aromatic heterocycles. The van der Waals surface area contributed by atoms with Crippen LogP contribution in [-0.2, 0) is 10.0 Å².